The second kappa shape index (κ2) is 8.03. The molecule has 0 saturated carbocycles. The third kappa shape index (κ3) is 3.65. The molecule has 0 saturated heterocycles. The van der Waals surface area contributed by atoms with Gasteiger partial charge in [0, 0.05) is 18.1 Å². The Labute approximate surface area is 193 Å². The molecule has 32 heavy (non-hydrogen) atoms. The third-order valence-electron chi connectivity index (χ3n) is 6.13. The molecule has 0 radical (unpaired) electrons. The molecule has 0 amide bonds. The van der Waals surface area contributed by atoms with Crippen LogP contribution in [-0.4, -0.2) is 7.05 Å². The number of fused-ring (bicyclic) bond motifs is 2. The highest BCUT2D eigenvalue weighted by atomic mass is 35.5. The van der Waals surface area contributed by atoms with Crippen LogP contribution in [0.15, 0.2) is 81.1 Å². The van der Waals surface area contributed by atoms with E-state index in [1.165, 1.54) is 11.1 Å². The topological polar surface area (TPSA) is 29.5 Å². The van der Waals surface area contributed by atoms with Gasteiger partial charge in [0.25, 0.3) is 5.52 Å². The van der Waals surface area contributed by atoms with Crippen LogP contribution < -0.4 is 14.2 Å². The summed E-state index contributed by atoms with van der Waals surface area (Å²) in [7, 11) is 4.03. The first-order valence-electron chi connectivity index (χ1n) is 10.8. The predicted octanol–water partition coefficient (Wildman–Crippen LogP) is 6.47. The Morgan fingerprint density at radius 1 is 1.00 bits per heavy atom. The quantitative estimate of drug-likeness (QED) is 0.432. The van der Waals surface area contributed by atoms with E-state index in [9.17, 15) is 0 Å². The molecule has 3 aromatic rings. The molecule has 4 nitrogen and oxygen atoms in total. The smallest absolute Gasteiger partial charge is 0.373 e. The molecule has 0 fully saturated rings. The lowest BCUT2D eigenvalue weighted by Gasteiger charge is -2.10. The van der Waals surface area contributed by atoms with Crippen LogP contribution in [0.4, 0.5) is 5.69 Å². The zero-order chi connectivity index (χ0) is 22.4. The molecule has 1 aliphatic heterocycles. The zero-order valence-corrected chi connectivity index (χ0v) is 19.5. The molecule has 2 aliphatic rings. The minimum absolute atomic E-state index is 0.802. The van der Waals surface area contributed by atoms with Crippen LogP contribution in [0.3, 0.4) is 0 Å². The Bertz CT molecular complexity index is 1360. The lowest BCUT2D eigenvalue weighted by Crippen LogP contribution is -2.29. The standard InChI is InChI=1S/C27H26ClN2O2/c1-17-5-11-21-23(15-17)31-25(29(21)3)13-9-19-7-8-20(27(19)28)10-14-26-30(4)22-12-6-18(2)16-24(22)32-26/h5-6,9-16H,7-8H2,1-4H3/q+1. The van der Waals surface area contributed by atoms with Crippen molar-refractivity contribution in [3.63, 3.8) is 0 Å². The molecule has 0 spiro atoms. The fraction of sp³-hybridized carbons (Fsp3) is 0.222. The largest absolute Gasteiger partial charge is 0.439 e. The summed E-state index contributed by atoms with van der Waals surface area (Å²) in [6, 6.07) is 12.5. The Morgan fingerprint density at radius 2 is 1.78 bits per heavy atom. The highest BCUT2D eigenvalue weighted by Gasteiger charge is 2.23. The van der Waals surface area contributed by atoms with Gasteiger partial charge in [-0.05, 0) is 79.3 Å². The number of ether oxygens (including phenoxy) is 1. The predicted molar refractivity (Wildman–Crippen MR) is 130 cm³/mol. The summed E-state index contributed by atoms with van der Waals surface area (Å²) in [5, 5.41) is 0.807. The average Bonchev–Trinajstić information content (AvgIpc) is 3.38. The van der Waals surface area contributed by atoms with Gasteiger partial charge in [0.15, 0.2) is 11.6 Å². The van der Waals surface area contributed by atoms with Crippen molar-refractivity contribution in [2.24, 2.45) is 7.05 Å². The van der Waals surface area contributed by atoms with E-state index in [-0.39, 0.29) is 0 Å². The summed E-state index contributed by atoms with van der Waals surface area (Å²) in [6.45, 7) is 4.13. The van der Waals surface area contributed by atoms with Gasteiger partial charge >= 0.3 is 5.89 Å². The third-order valence-corrected chi connectivity index (χ3v) is 6.61. The normalized spacial score (nSPS) is 18.6. The first-order valence-corrected chi connectivity index (χ1v) is 11.2. The Morgan fingerprint density at radius 3 is 2.62 bits per heavy atom. The number of oxazole rings is 1. The summed E-state index contributed by atoms with van der Waals surface area (Å²) in [4.78, 5) is 2.06. The first kappa shape index (κ1) is 20.7. The van der Waals surface area contributed by atoms with Gasteiger partial charge in [0.2, 0.25) is 5.58 Å². The van der Waals surface area contributed by atoms with Crippen molar-refractivity contribution in [2.75, 3.05) is 11.9 Å². The number of aromatic nitrogens is 1. The number of rotatable bonds is 3. The van der Waals surface area contributed by atoms with Gasteiger partial charge in [-0.15, -0.1) is 0 Å². The fourth-order valence-corrected chi connectivity index (χ4v) is 4.52. The van der Waals surface area contributed by atoms with Crippen molar-refractivity contribution < 1.29 is 13.7 Å². The monoisotopic (exact) mass is 445 g/mol. The molecule has 5 heteroatoms. The highest BCUT2D eigenvalue weighted by Crippen LogP contribution is 2.39. The molecule has 1 aliphatic carbocycles. The molecular weight excluding hydrogens is 420 g/mol. The maximum atomic E-state index is 6.72. The van der Waals surface area contributed by atoms with Crippen molar-refractivity contribution >= 4 is 34.5 Å². The fourth-order valence-electron chi connectivity index (χ4n) is 4.20. The lowest BCUT2D eigenvalue weighted by molar-refractivity contribution is -0.652. The molecule has 0 bridgehead atoms. The summed E-state index contributed by atoms with van der Waals surface area (Å²) < 4.78 is 14.1. The molecule has 2 heterocycles. The Kier molecular flexibility index (Phi) is 5.18. The second-order valence-electron chi connectivity index (χ2n) is 8.47. The molecule has 0 unspecified atom stereocenters. The number of nitrogens with zero attached hydrogens (tertiary/aromatic N) is 2. The maximum absolute atomic E-state index is 6.72. The number of hydrogen-bond donors (Lipinski definition) is 0. The second-order valence-corrected chi connectivity index (χ2v) is 8.85. The molecule has 1 aromatic heterocycles. The summed E-state index contributed by atoms with van der Waals surface area (Å²) in [5.41, 5.74) is 7.64. The summed E-state index contributed by atoms with van der Waals surface area (Å²) in [5.74, 6) is 2.50. The minimum Gasteiger partial charge on any atom is -0.439 e. The van der Waals surface area contributed by atoms with Gasteiger partial charge in [-0.25, -0.2) is 0 Å². The van der Waals surface area contributed by atoms with E-state index in [4.69, 9.17) is 20.8 Å². The van der Waals surface area contributed by atoms with Crippen LogP contribution in [0.1, 0.15) is 29.9 Å². The van der Waals surface area contributed by atoms with Crippen molar-refractivity contribution in [3.05, 3.63) is 93.7 Å². The van der Waals surface area contributed by atoms with E-state index in [2.05, 4.69) is 71.9 Å². The number of anilines is 1. The van der Waals surface area contributed by atoms with E-state index in [0.717, 1.165) is 63.3 Å². The van der Waals surface area contributed by atoms with Crippen LogP contribution in [0.5, 0.6) is 5.75 Å². The van der Waals surface area contributed by atoms with E-state index in [0.29, 0.717) is 0 Å². The van der Waals surface area contributed by atoms with Gasteiger partial charge in [0.05, 0.1) is 11.8 Å². The molecule has 162 valence electrons. The van der Waals surface area contributed by atoms with Gasteiger partial charge < -0.3 is 14.1 Å². The molecule has 0 N–H and O–H groups in total. The number of aryl methyl sites for hydroxylation is 3. The van der Waals surface area contributed by atoms with E-state index >= 15 is 0 Å². The Balaban J connectivity index is 1.37. The van der Waals surface area contributed by atoms with Crippen LogP contribution in [0, 0.1) is 13.8 Å². The van der Waals surface area contributed by atoms with Gasteiger partial charge in [-0.1, -0.05) is 29.8 Å². The number of benzene rings is 2. The van der Waals surface area contributed by atoms with Crippen LogP contribution in [0.25, 0.3) is 17.2 Å². The van der Waals surface area contributed by atoms with E-state index in [1.54, 1.807) is 0 Å². The molecular formula is C27H26ClN2O2+. The Hall–Kier alpha value is -3.24. The minimum atomic E-state index is 0.802. The average molecular weight is 446 g/mol. The van der Waals surface area contributed by atoms with Crippen molar-refractivity contribution in [2.45, 2.75) is 26.7 Å². The van der Waals surface area contributed by atoms with Crippen molar-refractivity contribution in [1.29, 1.82) is 0 Å². The number of halogens is 1. The van der Waals surface area contributed by atoms with Crippen LogP contribution >= 0.6 is 11.6 Å². The highest BCUT2D eigenvalue weighted by molar-refractivity contribution is 6.33. The van der Waals surface area contributed by atoms with E-state index in [1.807, 2.05) is 26.2 Å². The van der Waals surface area contributed by atoms with Crippen molar-refractivity contribution in [1.82, 2.24) is 0 Å². The van der Waals surface area contributed by atoms with Crippen molar-refractivity contribution in [3.8, 4) is 5.75 Å². The van der Waals surface area contributed by atoms with Gasteiger partial charge in [0.1, 0.15) is 7.05 Å². The summed E-state index contributed by atoms with van der Waals surface area (Å²) in [6.07, 6.45) is 9.95. The van der Waals surface area contributed by atoms with Crippen LogP contribution in [-0.2, 0) is 7.05 Å². The number of hydrogen-bond acceptors (Lipinski definition) is 3. The van der Waals surface area contributed by atoms with E-state index < -0.39 is 0 Å². The van der Waals surface area contributed by atoms with Gasteiger partial charge in [-0.2, -0.15) is 4.57 Å². The molecule has 0 atom stereocenters. The van der Waals surface area contributed by atoms with Crippen LogP contribution in [0.2, 0.25) is 0 Å². The molecule has 5 rings (SSSR count). The summed E-state index contributed by atoms with van der Waals surface area (Å²) >= 11 is 6.72. The first-order chi connectivity index (χ1) is 15.4. The lowest BCUT2D eigenvalue weighted by atomic mass is 10.2. The molecule has 2 aromatic carbocycles. The number of allylic oxidation sites excluding steroid dienone is 6. The SMILES string of the molecule is Cc1ccc2c(c1)O/C(=C\C=C1/CCC(/C=C/c3oc4cc(C)ccc4[n+]3C)=C1Cl)N2C. The van der Waals surface area contributed by atoms with Gasteiger partial charge in [-0.3, -0.25) is 0 Å². The zero-order valence-electron chi connectivity index (χ0n) is 18.8. The maximum Gasteiger partial charge on any atom is 0.373 e.